The molecule has 1 N–H and O–H groups in total. The van der Waals surface area contributed by atoms with Gasteiger partial charge < -0.3 is 14.8 Å². The molecule has 206 valence electrons. The number of morpholine rings is 1. The lowest BCUT2D eigenvalue weighted by Crippen LogP contribution is -2.35. The Hall–Kier alpha value is -2.72. The molecular weight excluding hydrogens is 537 g/mol. The van der Waals surface area contributed by atoms with Gasteiger partial charge in [0.2, 0.25) is 0 Å². The normalized spacial score (nSPS) is 13.9. The van der Waals surface area contributed by atoms with Gasteiger partial charge in [0.15, 0.2) is 5.82 Å². The van der Waals surface area contributed by atoms with Gasteiger partial charge >= 0.3 is 0 Å². The van der Waals surface area contributed by atoms with E-state index in [1.165, 1.54) is 12.1 Å². The fourth-order valence-corrected chi connectivity index (χ4v) is 4.29. The van der Waals surface area contributed by atoms with Crippen LogP contribution in [-0.2, 0) is 17.8 Å². The van der Waals surface area contributed by atoms with Crippen molar-refractivity contribution in [3.63, 3.8) is 0 Å². The van der Waals surface area contributed by atoms with E-state index >= 15 is 0 Å². The third kappa shape index (κ3) is 7.66. The van der Waals surface area contributed by atoms with Gasteiger partial charge in [-0.2, -0.15) is 5.10 Å². The Kier molecular flexibility index (Phi) is 10.5. The zero-order chi connectivity index (χ0) is 26.5. The molecule has 0 bridgehead atoms. The molecule has 1 saturated heterocycles. The summed E-state index contributed by atoms with van der Waals surface area (Å²) >= 11 is 6.20. The molecule has 1 amide bonds. The van der Waals surface area contributed by atoms with E-state index in [1.807, 2.05) is 17.9 Å². The second-order valence-electron chi connectivity index (χ2n) is 9.56. The van der Waals surface area contributed by atoms with E-state index in [9.17, 15) is 13.6 Å². The first-order valence-corrected chi connectivity index (χ1v) is 12.6. The van der Waals surface area contributed by atoms with Crippen molar-refractivity contribution in [1.82, 2.24) is 14.7 Å². The highest BCUT2D eigenvalue weighted by atomic mass is 35.5. The summed E-state index contributed by atoms with van der Waals surface area (Å²) in [7, 11) is 0. The van der Waals surface area contributed by atoms with E-state index < -0.39 is 23.1 Å². The molecule has 0 radical (unpaired) electrons. The Morgan fingerprint density at radius 2 is 1.82 bits per heavy atom. The van der Waals surface area contributed by atoms with Gasteiger partial charge in [0.1, 0.15) is 22.9 Å². The van der Waals surface area contributed by atoms with Crippen LogP contribution in [0.25, 0.3) is 0 Å². The highest BCUT2D eigenvalue weighted by molar-refractivity contribution is 6.30. The molecule has 0 atom stereocenters. The largest absolute Gasteiger partial charge is 0.493 e. The maximum atomic E-state index is 14.8. The van der Waals surface area contributed by atoms with Gasteiger partial charge in [-0.3, -0.25) is 14.4 Å². The molecule has 1 aliphatic rings. The Balaban J connectivity index is 0.00000400. The van der Waals surface area contributed by atoms with Crippen LogP contribution in [0.3, 0.4) is 0 Å². The van der Waals surface area contributed by atoms with Crippen molar-refractivity contribution >= 4 is 35.7 Å². The van der Waals surface area contributed by atoms with Crippen molar-refractivity contribution in [3.8, 4) is 5.75 Å². The first kappa shape index (κ1) is 29.8. The molecule has 7 nitrogen and oxygen atoms in total. The van der Waals surface area contributed by atoms with Crippen LogP contribution < -0.4 is 10.1 Å². The zero-order valence-electron chi connectivity index (χ0n) is 21.6. The number of benzene rings is 2. The number of rotatable bonds is 9. The summed E-state index contributed by atoms with van der Waals surface area (Å²) in [4.78, 5) is 14.8. The molecule has 11 heteroatoms. The van der Waals surface area contributed by atoms with Gasteiger partial charge in [-0.05, 0) is 48.7 Å². The predicted octanol–water partition coefficient (Wildman–Crippen LogP) is 5.71. The molecule has 0 aliphatic carbocycles. The number of carbonyl (C=O) groups excluding carboxylic acids is 1. The minimum Gasteiger partial charge on any atom is -0.493 e. The number of hydrogen-bond acceptors (Lipinski definition) is 5. The maximum absolute atomic E-state index is 14.8. The number of nitrogens with one attached hydrogen (secondary N) is 1. The smallest absolute Gasteiger partial charge is 0.262 e. The SMILES string of the molecule is Cc1cc(NC(=O)c2c(F)cc(CN3CCOCC3)cc2F)nn1Cc1cc(Cl)ccc1OCC(C)C.Cl. The Bertz CT molecular complexity index is 1240. The molecule has 2 heterocycles. The van der Waals surface area contributed by atoms with Crippen LogP contribution >= 0.6 is 24.0 Å². The van der Waals surface area contributed by atoms with Gasteiger partial charge in [-0.25, -0.2) is 8.78 Å². The van der Waals surface area contributed by atoms with E-state index in [-0.39, 0.29) is 18.2 Å². The third-order valence-corrected chi connectivity index (χ3v) is 6.21. The minimum absolute atomic E-state index is 0. The number of aryl methyl sites for hydroxylation is 1. The molecule has 38 heavy (non-hydrogen) atoms. The summed E-state index contributed by atoms with van der Waals surface area (Å²) in [5.41, 5.74) is 1.39. The van der Waals surface area contributed by atoms with Crippen LogP contribution in [0, 0.1) is 24.5 Å². The maximum Gasteiger partial charge on any atom is 0.262 e. The molecule has 0 unspecified atom stereocenters. The third-order valence-electron chi connectivity index (χ3n) is 5.98. The monoisotopic (exact) mass is 568 g/mol. The van der Waals surface area contributed by atoms with Crippen molar-refractivity contribution in [1.29, 1.82) is 0 Å². The van der Waals surface area contributed by atoms with E-state index in [0.29, 0.717) is 68.3 Å². The first-order chi connectivity index (χ1) is 17.7. The fraction of sp³-hybridized carbons (Fsp3) is 0.407. The number of ether oxygens (including phenoxy) is 2. The van der Waals surface area contributed by atoms with E-state index in [2.05, 4.69) is 24.3 Å². The minimum atomic E-state index is -0.914. The molecule has 4 rings (SSSR count). The molecule has 0 spiro atoms. The number of anilines is 1. The fourth-order valence-electron chi connectivity index (χ4n) is 4.09. The number of hydrogen-bond donors (Lipinski definition) is 1. The average Bonchev–Trinajstić information content (AvgIpc) is 3.16. The highest BCUT2D eigenvalue weighted by Gasteiger charge is 2.21. The van der Waals surface area contributed by atoms with Crippen LogP contribution in [0.5, 0.6) is 5.75 Å². The Morgan fingerprint density at radius 3 is 2.47 bits per heavy atom. The first-order valence-electron chi connectivity index (χ1n) is 12.2. The van der Waals surface area contributed by atoms with Crippen LogP contribution in [0.1, 0.15) is 41.0 Å². The van der Waals surface area contributed by atoms with E-state index in [4.69, 9.17) is 21.1 Å². The van der Waals surface area contributed by atoms with Crippen molar-refractivity contribution in [3.05, 3.63) is 75.4 Å². The van der Waals surface area contributed by atoms with Crippen LogP contribution in [0.2, 0.25) is 5.02 Å². The van der Waals surface area contributed by atoms with Gasteiger partial charge in [0.05, 0.1) is 26.4 Å². The number of halogens is 4. The summed E-state index contributed by atoms with van der Waals surface area (Å²) in [6.07, 6.45) is 0. The molecule has 1 fully saturated rings. The standard InChI is InChI=1S/C27H31ClF2N4O3.ClH/c1-17(2)16-37-24-5-4-21(28)13-20(24)15-34-18(3)10-25(32-34)31-27(35)26-22(29)11-19(12-23(26)30)14-33-6-8-36-9-7-33;/h4-5,10-13,17H,6-9,14-16H2,1-3H3,(H,31,32,35);1H. The van der Waals surface area contributed by atoms with Gasteiger partial charge in [0.25, 0.3) is 5.91 Å². The Morgan fingerprint density at radius 1 is 1.13 bits per heavy atom. The Labute approximate surface area is 232 Å². The van der Waals surface area contributed by atoms with Crippen LogP contribution in [0.4, 0.5) is 14.6 Å². The molecule has 2 aromatic carbocycles. The number of nitrogens with zero attached hydrogens (tertiary/aromatic N) is 3. The number of aromatic nitrogens is 2. The second-order valence-corrected chi connectivity index (χ2v) is 10.00. The molecule has 3 aromatic rings. The summed E-state index contributed by atoms with van der Waals surface area (Å²) in [6.45, 7) is 9.77. The second kappa shape index (κ2) is 13.4. The predicted molar refractivity (Wildman–Crippen MR) is 146 cm³/mol. The molecule has 1 aromatic heterocycles. The van der Waals surface area contributed by atoms with Crippen molar-refractivity contribution in [2.45, 2.75) is 33.9 Å². The number of amides is 1. The topological polar surface area (TPSA) is 68.6 Å². The zero-order valence-corrected chi connectivity index (χ0v) is 23.2. The lowest BCUT2D eigenvalue weighted by atomic mass is 10.1. The lowest BCUT2D eigenvalue weighted by molar-refractivity contribution is 0.0341. The van der Waals surface area contributed by atoms with Crippen molar-refractivity contribution in [2.75, 3.05) is 38.2 Å². The van der Waals surface area contributed by atoms with Crippen LogP contribution in [0.15, 0.2) is 36.4 Å². The summed E-state index contributed by atoms with van der Waals surface area (Å²) < 4.78 is 42.5. The molecule has 0 saturated carbocycles. The number of carbonyl (C=O) groups is 1. The molecule has 1 aliphatic heterocycles. The summed E-state index contributed by atoms with van der Waals surface area (Å²) in [6, 6.07) is 9.43. The summed E-state index contributed by atoms with van der Waals surface area (Å²) in [5, 5.41) is 7.50. The highest BCUT2D eigenvalue weighted by Crippen LogP contribution is 2.26. The van der Waals surface area contributed by atoms with Gasteiger partial charge in [-0.15, -0.1) is 12.4 Å². The van der Waals surface area contributed by atoms with Gasteiger partial charge in [-0.1, -0.05) is 25.4 Å². The van der Waals surface area contributed by atoms with E-state index in [0.717, 1.165) is 11.3 Å². The van der Waals surface area contributed by atoms with Crippen molar-refractivity contribution < 1.29 is 23.0 Å². The lowest BCUT2D eigenvalue weighted by Gasteiger charge is -2.26. The summed E-state index contributed by atoms with van der Waals surface area (Å²) in [5.74, 6) is -1.50. The van der Waals surface area contributed by atoms with E-state index in [1.54, 1.807) is 22.9 Å². The van der Waals surface area contributed by atoms with Gasteiger partial charge in [0, 0.05) is 42.0 Å². The average molecular weight is 569 g/mol. The quantitative estimate of drug-likeness (QED) is 0.358. The van der Waals surface area contributed by atoms with Crippen molar-refractivity contribution in [2.24, 2.45) is 5.92 Å². The van der Waals surface area contributed by atoms with Crippen LogP contribution in [-0.4, -0.2) is 53.5 Å². The molecular formula is C27H32Cl2F2N4O3.